The van der Waals surface area contributed by atoms with Gasteiger partial charge in [0.2, 0.25) is 11.8 Å². The van der Waals surface area contributed by atoms with Gasteiger partial charge >= 0.3 is 5.97 Å². The molecule has 1 heterocycles. The predicted molar refractivity (Wildman–Crippen MR) is 136 cm³/mol. The smallest absolute Gasteiger partial charge is 0.319 e. The Bertz CT molecular complexity index is 1240. The molecular formula is C25H24ClN3O6S. The molecule has 188 valence electrons. The van der Waals surface area contributed by atoms with E-state index in [1.165, 1.54) is 14.2 Å². The molecule has 9 nitrogen and oxygen atoms in total. The first-order valence-corrected chi connectivity index (χ1v) is 12.2. The Labute approximate surface area is 217 Å². The van der Waals surface area contributed by atoms with Crippen molar-refractivity contribution in [2.75, 3.05) is 31.9 Å². The van der Waals surface area contributed by atoms with Crippen LogP contribution >= 0.6 is 23.4 Å². The molecular weight excluding hydrogens is 506 g/mol. The van der Waals surface area contributed by atoms with E-state index in [9.17, 15) is 19.6 Å². The van der Waals surface area contributed by atoms with Crippen LogP contribution in [-0.2, 0) is 19.1 Å². The van der Waals surface area contributed by atoms with Crippen molar-refractivity contribution in [2.45, 2.75) is 12.8 Å². The number of rotatable bonds is 9. The number of carbonyl (C=O) groups is 3. The monoisotopic (exact) mass is 529 g/mol. The molecule has 0 saturated heterocycles. The van der Waals surface area contributed by atoms with Gasteiger partial charge in [0.1, 0.15) is 17.4 Å². The van der Waals surface area contributed by atoms with Gasteiger partial charge in [0.25, 0.3) is 0 Å². The first-order valence-electron chi connectivity index (χ1n) is 10.8. The van der Waals surface area contributed by atoms with Crippen molar-refractivity contribution < 1.29 is 28.6 Å². The van der Waals surface area contributed by atoms with E-state index in [1.807, 2.05) is 6.92 Å². The Kier molecular flexibility index (Phi) is 9.22. The highest BCUT2D eigenvalue weighted by molar-refractivity contribution is 8.03. The van der Waals surface area contributed by atoms with Crippen LogP contribution in [0, 0.1) is 17.2 Å². The molecule has 2 amide bonds. The van der Waals surface area contributed by atoms with Gasteiger partial charge in [-0.1, -0.05) is 35.5 Å². The first-order chi connectivity index (χ1) is 17.3. The fourth-order valence-electron chi connectivity index (χ4n) is 3.70. The second-order valence-corrected chi connectivity index (χ2v) is 8.91. The lowest BCUT2D eigenvalue weighted by molar-refractivity contribution is -0.150. The van der Waals surface area contributed by atoms with Crippen molar-refractivity contribution in [1.82, 2.24) is 5.32 Å². The highest BCUT2D eigenvalue weighted by atomic mass is 35.5. The number of esters is 1. The Morgan fingerprint density at radius 3 is 2.64 bits per heavy atom. The summed E-state index contributed by atoms with van der Waals surface area (Å²) < 4.78 is 15.5. The summed E-state index contributed by atoms with van der Waals surface area (Å²) in [5, 5.41) is 15.8. The zero-order chi connectivity index (χ0) is 26.2. The van der Waals surface area contributed by atoms with Crippen LogP contribution in [0.25, 0.3) is 0 Å². The Morgan fingerprint density at radius 1 is 1.22 bits per heavy atom. The number of halogens is 1. The topological polar surface area (TPSA) is 127 Å². The second-order valence-electron chi connectivity index (χ2n) is 7.51. The third-order valence-electron chi connectivity index (χ3n) is 5.30. The number of methoxy groups -OCH3 is 2. The summed E-state index contributed by atoms with van der Waals surface area (Å²) in [5.74, 6) is -3.16. The van der Waals surface area contributed by atoms with Gasteiger partial charge in [-0.3, -0.25) is 14.4 Å². The normalized spacial score (nSPS) is 17.0. The molecule has 0 spiro atoms. The minimum atomic E-state index is -1.31. The summed E-state index contributed by atoms with van der Waals surface area (Å²) in [4.78, 5) is 38.1. The number of amides is 2. The molecule has 0 radical (unpaired) electrons. The Balaban J connectivity index is 1.91. The van der Waals surface area contributed by atoms with E-state index in [1.54, 1.807) is 42.5 Å². The molecule has 0 bridgehead atoms. The van der Waals surface area contributed by atoms with Gasteiger partial charge in [0.05, 0.1) is 48.3 Å². The van der Waals surface area contributed by atoms with Crippen LogP contribution in [-0.4, -0.2) is 44.4 Å². The number of nitriles is 1. The molecule has 1 aliphatic rings. The summed E-state index contributed by atoms with van der Waals surface area (Å²) in [5.41, 5.74) is 1.11. The summed E-state index contributed by atoms with van der Waals surface area (Å²) >= 11 is 7.32. The number of hydrogen-bond acceptors (Lipinski definition) is 8. The molecule has 2 aromatic carbocycles. The zero-order valence-corrected chi connectivity index (χ0v) is 21.4. The molecule has 36 heavy (non-hydrogen) atoms. The van der Waals surface area contributed by atoms with E-state index in [2.05, 4.69) is 16.7 Å². The zero-order valence-electron chi connectivity index (χ0n) is 19.8. The molecule has 0 aliphatic carbocycles. The highest BCUT2D eigenvalue weighted by Gasteiger charge is 2.44. The lowest BCUT2D eigenvalue weighted by atomic mass is 9.78. The van der Waals surface area contributed by atoms with Crippen molar-refractivity contribution in [3.8, 4) is 17.6 Å². The number of hydrogen-bond donors (Lipinski definition) is 2. The van der Waals surface area contributed by atoms with Gasteiger partial charge in [-0.05, 0) is 36.8 Å². The van der Waals surface area contributed by atoms with Crippen LogP contribution in [0.15, 0.2) is 53.1 Å². The van der Waals surface area contributed by atoms with Crippen LogP contribution in [0.1, 0.15) is 18.4 Å². The maximum Gasteiger partial charge on any atom is 0.319 e. The SMILES string of the molecule is CCOc1ccc([C@@H]2C(C#N)=C(SCC(=O)Nc3cccc(OC)c3)NC(=O)[C@@H]2C(=O)OC)cc1Cl. The summed E-state index contributed by atoms with van der Waals surface area (Å²) in [6, 6.07) is 13.8. The maximum atomic E-state index is 13.0. The molecule has 2 atom stereocenters. The Hall–Kier alpha value is -3.68. The Morgan fingerprint density at radius 2 is 2.00 bits per heavy atom. The van der Waals surface area contributed by atoms with Crippen molar-refractivity contribution in [3.05, 3.63) is 63.7 Å². The van der Waals surface area contributed by atoms with Gasteiger partial charge in [-0.2, -0.15) is 5.26 Å². The van der Waals surface area contributed by atoms with Crippen LogP contribution < -0.4 is 20.1 Å². The molecule has 0 fully saturated rings. The van der Waals surface area contributed by atoms with Crippen LogP contribution in [0.3, 0.4) is 0 Å². The third-order valence-corrected chi connectivity index (χ3v) is 6.61. The van der Waals surface area contributed by atoms with E-state index >= 15 is 0 Å². The molecule has 1 aliphatic heterocycles. The third kappa shape index (κ3) is 6.11. The van der Waals surface area contributed by atoms with Gasteiger partial charge in [-0.25, -0.2) is 0 Å². The van der Waals surface area contributed by atoms with Crippen molar-refractivity contribution >= 4 is 46.8 Å². The number of allylic oxidation sites excluding steroid dienone is 1. The second kappa shape index (κ2) is 12.3. The maximum absolute atomic E-state index is 13.0. The molecule has 0 unspecified atom stereocenters. The molecule has 11 heteroatoms. The lowest BCUT2D eigenvalue weighted by Gasteiger charge is -2.31. The molecule has 2 aromatic rings. The highest BCUT2D eigenvalue weighted by Crippen LogP contribution is 2.42. The molecule has 3 rings (SSSR count). The number of ether oxygens (including phenoxy) is 3. The van der Waals surface area contributed by atoms with Gasteiger partial charge in [0.15, 0.2) is 0 Å². The average molecular weight is 530 g/mol. The van der Waals surface area contributed by atoms with E-state index < -0.39 is 23.7 Å². The lowest BCUT2D eigenvalue weighted by Crippen LogP contribution is -2.44. The van der Waals surface area contributed by atoms with Crippen molar-refractivity contribution in [1.29, 1.82) is 5.26 Å². The van der Waals surface area contributed by atoms with Crippen LogP contribution in [0.4, 0.5) is 5.69 Å². The van der Waals surface area contributed by atoms with E-state index in [0.29, 0.717) is 29.4 Å². The van der Waals surface area contributed by atoms with Gasteiger partial charge in [-0.15, -0.1) is 0 Å². The standard InChI is InChI=1S/C25H24ClN3O6S/c1-4-35-19-9-8-14(10-18(19)26)21-17(12-27)24(29-23(31)22(21)25(32)34-3)36-13-20(30)28-15-6-5-7-16(11-15)33-2/h5-11,21-22H,4,13H2,1-3H3,(H,28,30)(H,29,31)/t21-,22-/m1/s1. The summed E-state index contributed by atoms with van der Waals surface area (Å²) in [7, 11) is 2.69. The number of benzene rings is 2. The van der Waals surface area contributed by atoms with Crippen LogP contribution in [0.2, 0.25) is 5.02 Å². The number of nitrogens with zero attached hydrogens (tertiary/aromatic N) is 1. The summed E-state index contributed by atoms with van der Waals surface area (Å²) in [6.07, 6.45) is 0. The van der Waals surface area contributed by atoms with E-state index in [-0.39, 0.29) is 27.3 Å². The fraction of sp³-hybridized carbons (Fsp3) is 0.280. The predicted octanol–water partition coefficient (Wildman–Crippen LogP) is 3.86. The minimum absolute atomic E-state index is 0.0996. The number of thioether (sulfide) groups is 1. The fourth-order valence-corrected chi connectivity index (χ4v) is 4.79. The number of carbonyl (C=O) groups excluding carboxylic acids is 3. The largest absolute Gasteiger partial charge is 0.497 e. The number of anilines is 1. The number of nitrogens with one attached hydrogen (secondary N) is 2. The molecule has 0 saturated carbocycles. The van der Waals surface area contributed by atoms with Crippen molar-refractivity contribution in [2.24, 2.45) is 5.92 Å². The first kappa shape index (κ1) is 26.9. The van der Waals surface area contributed by atoms with E-state index in [4.69, 9.17) is 25.8 Å². The average Bonchev–Trinajstić information content (AvgIpc) is 2.88. The van der Waals surface area contributed by atoms with Crippen molar-refractivity contribution in [3.63, 3.8) is 0 Å². The minimum Gasteiger partial charge on any atom is -0.497 e. The van der Waals surface area contributed by atoms with E-state index in [0.717, 1.165) is 11.8 Å². The van der Waals surface area contributed by atoms with Crippen LogP contribution in [0.5, 0.6) is 11.5 Å². The quantitative estimate of drug-likeness (QED) is 0.370. The molecule has 2 N–H and O–H groups in total. The van der Waals surface area contributed by atoms with Gasteiger partial charge < -0.3 is 24.8 Å². The summed E-state index contributed by atoms with van der Waals surface area (Å²) in [6.45, 7) is 2.21. The van der Waals surface area contributed by atoms with Gasteiger partial charge in [0, 0.05) is 17.7 Å². The molecule has 0 aromatic heterocycles.